The molecule has 1 heterocycles. The van der Waals surface area contributed by atoms with Crippen LogP contribution in [0, 0.1) is 5.92 Å². The van der Waals surface area contributed by atoms with Gasteiger partial charge < -0.3 is 5.32 Å². The largest absolute Gasteiger partial charge is 0.380 e. The molecule has 2 atom stereocenters. The van der Waals surface area contributed by atoms with Gasteiger partial charge in [-0.2, -0.15) is 5.10 Å². The fourth-order valence-electron chi connectivity index (χ4n) is 2.49. The summed E-state index contributed by atoms with van der Waals surface area (Å²) in [4.78, 5) is 11.9. The number of aromatic nitrogens is 2. The van der Waals surface area contributed by atoms with E-state index in [2.05, 4.69) is 17.3 Å². The van der Waals surface area contributed by atoms with Gasteiger partial charge in [-0.05, 0) is 31.6 Å². The Balaban J connectivity index is 2.14. The molecular formula is C13H20ClN3O. The number of nitrogens with zero attached hydrogens (tertiary/aromatic N) is 2. The first-order valence-corrected chi connectivity index (χ1v) is 7.01. The van der Waals surface area contributed by atoms with Crippen LogP contribution in [-0.4, -0.2) is 15.8 Å². The van der Waals surface area contributed by atoms with Crippen molar-refractivity contribution in [2.75, 3.05) is 5.32 Å². The van der Waals surface area contributed by atoms with Crippen molar-refractivity contribution in [1.82, 2.24) is 9.78 Å². The molecule has 1 aromatic rings. The lowest BCUT2D eigenvalue weighted by molar-refractivity contribution is 0.567. The quantitative estimate of drug-likeness (QED) is 0.914. The Kier molecular flexibility index (Phi) is 4.27. The van der Waals surface area contributed by atoms with Crippen molar-refractivity contribution in [3.63, 3.8) is 0 Å². The van der Waals surface area contributed by atoms with E-state index in [9.17, 15) is 4.79 Å². The normalized spacial score (nSPS) is 23.3. The van der Waals surface area contributed by atoms with Crippen molar-refractivity contribution in [3.8, 4) is 0 Å². The number of hydrogen-bond donors (Lipinski definition) is 1. The van der Waals surface area contributed by atoms with E-state index in [1.807, 2.05) is 6.92 Å². The maximum Gasteiger partial charge on any atom is 0.287 e. The van der Waals surface area contributed by atoms with Crippen molar-refractivity contribution in [2.45, 2.75) is 52.1 Å². The van der Waals surface area contributed by atoms with E-state index >= 15 is 0 Å². The molecule has 0 amide bonds. The number of halogens is 1. The summed E-state index contributed by atoms with van der Waals surface area (Å²) in [5, 5.41) is 7.75. The first-order chi connectivity index (χ1) is 8.61. The summed E-state index contributed by atoms with van der Waals surface area (Å²) in [6.45, 7) is 4.87. The Morgan fingerprint density at radius 1 is 1.56 bits per heavy atom. The van der Waals surface area contributed by atoms with Crippen LogP contribution in [0.3, 0.4) is 0 Å². The van der Waals surface area contributed by atoms with Gasteiger partial charge in [0.05, 0.1) is 11.9 Å². The summed E-state index contributed by atoms with van der Waals surface area (Å²) < 4.78 is 1.42. The Bertz CT molecular complexity index is 472. The number of hydrogen-bond acceptors (Lipinski definition) is 3. The monoisotopic (exact) mass is 269 g/mol. The molecule has 18 heavy (non-hydrogen) atoms. The summed E-state index contributed by atoms with van der Waals surface area (Å²) >= 11 is 6.11. The molecule has 2 unspecified atom stereocenters. The Hall–Kier alpha value is -1.03. The minimum absolute atomic E-state index is 0.199. The summed E-state index contributed by atoms with van der Waals surface area (Å²) in [5.74, 6) is 0.745. The molecule has 1 fully saturated rings. The molecule has 0 bridgehead atoms. The van der Waals surface area contributed by atoms with Crippen LogP contribution in [0.4, 0.5) is 5.69 Å². The van der Waals surface area contributed by atoms with Crippen LogP contribution in [-0.2, 0) is 6.54 Å². The second-order valence-electron chi connectivity index (χ2n) is 5.16. The van der Waals surface area contributed by atoms with E-state index in [0.29, 0.717) is 18.3 Å². The van der Waals surface area contributed by atoms with Gasteiger partial charge in [-0.25, -0.2) is 4.68 Å². The summed E-state index contributed by atoms with van der Waals surface area (Å²) in [6.07, 6.45) is 6.04. The van der Waals surface area contributed by atoms with Crippen molar-refractivity contribution in [3.05, 3.63) is 21.6 Å². The molecule has 2 rings (SSSR count). The molecule has 1 saturated carbocycles. The van der Waals surface area contributed by atoms with Gasteiger partial charge in [0.2, 0.25) is 0 Å². The lowest BCUT2D eigenvalue weighted by Gasteiger charge is -2.15. The molecule has 0 saturated heterocycles. The highest BCUT2D eigenvalue weighted by Crippen LogP contribution is 2.28. The van der Waals surface area contributed by atoms with Crippen LogP contribution in [0.1, 0.15) is 39.5 Å². The third-order valence-corrected chi connectivity index (χ3v) is 3.84. The SMILES string of the molecule is CCCn1ncc(NC2CCC(C)C2)c(Cl)c1=O. The standard InChI is InChI=1S/C13H20ClN3O/c1-3-6-17-13(18)12(14)11(8-15-17)16-10-5-4-9(2)7-10/h8-10,16H,3-7H2,1-2H3. The van der Waals surface area contributed by atoms with Crippen molar-refractivity contribution in [1.29, 1.82) is 0 Å². The van der Waals surface area contributed by atoms with Gasteiger partial charge >= 0.3 is 0 Å². The lowest BCUT2D eigenvalue weighted by atomic mass is 10.1. The van der Waals surface area contributed by atoms with E-state index in [-0.39, 0.29) is 10.6 Å². The third kappa shape index (κ3) is 2.86. The molecule has 1 aliphatic carbocycles. The highest BCUT2D eigenvalue weighted by molar-refractivity contribution is 6.32. The van der Waals surface area contributed by atoms with Crippen molar-refractivity contribution in [2.24, 2.45) is 5.92 Å². The Labute approximate surface area is 112 Å². The van der Waals surface area contributed by atoms with E-state index in [0.717, 1.165) is 25.2 Å². The second kappa shape index (κ2) is 5.74. The van der Waals surface area contributed by atoms with Gasteiger partial charge in [0.25, 0.3) is 5.56 Å². The predicted octanol–water partition coefficient (Wildman–Crippen LogP) is 2.91. The van der Waals surface area contributed by atoms with E-state index < -0.39 is 0 Å². The molecule has 100 valence electrons. The van der Waals surface area contributed by atoms with Gasteiger partial charge in [0.15, 0.2) is 0 Å². The first kappa shape index (κ1) is 13.4. The van der Waals surface area contributed by atoms with Gasteiger partial charge in [-0.1, -0.05) is 25.4 Å². The fraction of sp³-hybridized carbons (Fsp3) is 0.692. The number of anilines is 1. The summed E-state index contributed by atoms with van der Waals surface area (Å²) in [5.41, 5.74) is 0.475. The van der Waals surface area contributed by atoms with Crippen LogP contribution in [0.25, 0.3) is 0 Å². The Morgan fingerprint density at radius 3 is 2.94 bits per heavy atom. The van der Waals surface area contributed by atoms with Crippen LogP contribution in [0.15, 0.2) is 11.0 Å². The summed E-state index contributed by atoms with van der Waals surface area (Å²) in [6, 6.07) is 0.417. The van der Waals surface area contributed by atoms with Gasteiger partial charge in [-0.3, -0.25) is 4.79 Å². The molecule has 1 aromatic heterocycles. The zero-order chi connectivity index (χ0) is 13.1. The smallest absolute Gasteiger partial charge is 0.287 e. The van der Waals surface area contributed by atoms with Crippen LogP contribution in [0.2, 0.25) is 5.02 Å². The van der Waals surface area contributed by atoms with Crippen LogP contribution < -0.4 is 10.9 Å². The highest BCUT2D eigenvalue weighted by atomic mass is 35.5. The number of rotatable bonds is 4. The Morgan fingerprint density at radius 2 is 2.33 bits per heavy atom. The zero-order valence-electron chi connectivity index (χ0n) is 10.9. The predicted molar refractivity (Wildman–Crippen MR) is 74.2 cm³/mol. The molecule has 5 heteroatoms. The molecule has 1 N–H and O–H groups in total. The third-order valence-electron chi connectivity index (χ3n) is 3.47. The topological polar surface area (TPSA) is 46.9 Å². The minimum atomic E-state index is -0.199. The zero-order valence-corrected chi connectivity index (χ0v) is 11.7. The molecule has 1 aliphatic rings. The molecule has 0 spiro atoms. The molecule has 0 radical (unpaired) electrons. The van der Waals surface area contributed by atoms with E-state index in [1.165, 1.54) is 11.1 Å². The molecule has 4 nitrogen and oxygen atoms in total. The summed E-state index contributed by atoms with van der Waals surface area (Å²) in [7, 11) is 0. The number of nitrogens with one attached hydrogen (secondary N) is 1. The first-order valence-electron chi connectivity index (χ1n) is 6.64. The van der Waals surface area contributed by atoms with Crippen molar-refractivity contribution >= 4 is 17.3 Å². The average Bonchev–Trinajstić information content (AvgIpc) is 2.75. The van der Waals surface area contributed by atoms with Gasteiger partial charge in [0.1, 0.15) is 5.02 Å². The lowest BCUT2D eigenvalue weighted by Crippen LogP contribution is -2.26. The van der Waals surface area contributed by atoms with E-state index in [4.69, 9.17) is 11.6 Å². The molecular weight excluding hydrogens is 250 g/mol. The maximum atomic E-state index is 11.9. The van der Waals surface area contributed by atoms with Gasteiger partial charge in [-0.15, -0.1) is 0 Å². The molecule has 0 aromatic carbocycles. The van der Waals surface area contributed by atoms with Crippen LogP contribution >= 0.6 is 11.6 Å². The maximum absolute atomic E-state index is 11.9. The van der Waals surface area contributed by atoms with Crippen molar-refractivity contribution < 1.29 is 0 Å². The van der Waals surface area contributed by atoms with Gasteiger partial charge in [0, 0.05) is 12.6 Å². The minimum Gasteiger partial charge on any atom is -0.380 e. The average molecular weight is 270 g/mol. The fourth-order valence-corrected chi connectivity index (χ4v) is 2.70. The van der Waals surface area contributed by atoms with Crippen LogP contribution in [0.5, 0.6) is 0 Å². The number of aryl methyl sites for hydroxylation is 1. The van der Waals surface area contributed by atoms with E-state index in [1.54, 1.807) is 6.20 Å². The molecule has 0 aliphatic heterocycles. The second-order valence-corrected chi connectivity index (χ2v) is 5.54. The highest BCUT2D eigenvalue weighted by Gasteiger charge is 2.22.